The van der Waals surface area contributed by atoms with Crippen molar-refractivity contribution in [2.45, 2.75) is 31.3 Å². The Morgan fingerprint density at radius 2 is 1.96 bits per heavy atom. The molecule has 0 aliphatic heterocycles. The third-order valence-electron chi connectivity index (χ3n) is 4.03. The van der Waals surface area contributed by atoms with Crippen LogP contribution in [0.2, 0.25) is 5.02 Å². The molecular weight excluding hydrogens is 386 g/mol. The van der Waals surface area contributed by atoms with E-state index in [0.29, 0.717) is 22.5 Å². The number of nitrogens with zero attached hydrogens (tertiary/aromatic N) is 5. The van der Waals surface area contributed by atoms with Crippen LogP contribution in [0.1, 0.15) is 18.6 Å². The minimum atomic E-state index is 0.503. The van der Waals surface area contributed by atoms with Crippen molar-refractivity contribution in [1.82, 2.24) is 24.9 Å². The predicted molar refractivity (Wildman–Crippen MR) is 102 cm³/mol. The zero-order valence-electron chi connectivity index (χ0n) is 14.7. The highest BCUT2D eigenvalue weighted by Gasteiger charge is 2.17. The maximum Gasteiger partial charge on any atom is 0.237 e. The van der Waals surface area contributed by atoms with Gasteiger partial charge in [-0.3, -0.25) is 0 Å². The lowest BCUT2D eigenvalue weighted by Gasteiger charge is -2.05. The van der Waals surface area contributed by atoms with E-state index >= 15 is 0 Å². The van der Waals surface area contributed by atoms with Gasteiger partial charge in [0.05, 0.1) is 17.6 Å². The second kappa shape index (κ2) is 7.58. The number of hydrogen-bond acceptors (Lipinski definition) is 7. The fourth-order valence-corrected chi connectivity index (χ4v) is 3.62. The van der Waals surface area contributed by atoms with Gasteiger partial charge in [-0.15, -0.1) is 10.2 Å². The van der Waals surface area contributed by atoms with Crippen molar-refractivity contribution in [2.24, 2.45) is 0 Å². The van der Waals surface area contributed by atoms with Gasteiger partial charge < -0.3 is 13.5 Å². The quantitative estimate of drug-likeness (QED) is 0.426. The van der Waals surface area contributed by atoms with Gasteiger partial charge in [0.25, 0.3) is 0 Å². The summed E-state index contributed by atoms with van der Waals surface area (Å²) >= 11 is 7.41. The fraction of sp³-hybridized carbons (Fsp3) is 0.222. The fourth-order valence-electron chi connectivity index (χ4n) is 2.65. The number of rotatable bonds is 6. The number of thioether (sulfide) groups is 1. The third-order valence-corrected chi connectivity index (χ3v) is 5.23. The molecule has 0 bridgehead atoms. The maximum absolute atomic E-state index is 5.91. The molecule has 0 spiro atoms. The molecule has 0 N–H and O–H groups in total. The molecule has 138 valence electrons. The van der Waals surface area contributed by atoms with Crippen LogP contribution in [0.3, 0.4) is 0 Å². The lowest BCUT2D eigenvalue weighted by molar-refractivity contribution is 0.391. The summed E-state index contributed by atoms with van der Waals surface area (Å²) in [6.07, 6.45) is 1.66. The number of benzene rings is 1. The number of aryl methyl sites for hydroxylation is 1. The molecule has 0 unspecified atom stereocenters. The van der Waals surface area contributed by atoms with E-state index in [9.17, 15) is 0 Å². The summed E-state index contributed by atoms with van der Waals surface area (Å²) in [5.74, 6) is 3.17. The molecule has 4 rings (SSSR count). The molecule has 0 fully saturated rings. The Hall–Kier alpha value is -2.58. The normalized spacial score (nSPS) is 11.2. The molecule has 9 heteroatoms. The molecule has 4 aromatic rings. The minimum Gasteiger partial charge on any atom is -0.469 e. The first-order valence-electron chi connectivity index (χ1n) is 8.34. The zero-order valence-corrected chi connectivity index (χ0v) is 16.3. The van der Waals surface area contributed by atoms with Crippen LogP contribution in [0.4, 0.5) is 0 Å². The van der Waals surface area contributed by atoms with E-state index in [1.54, 1.807) is 18.4 Å². The third kappa shape index (κ3) is 3.63. The molecule has 0 saturated heterocycles. The average molecular weight is 402 g/mol. The lowest BCUT2D eigenvalue weighted by Crippen LogP contribution is -2.00. The van der Waals surface area contributed by atoms with Crippen molar-refractivity contribution < 1.29 is 8.94 Å². The molecule has 3 aromatic heterocycles. The zero-order chi connectivity index (χ0) is 18.8. The van der Waals surface area contributed by atoms with Crippen LogP contribution < -0.4 is 0 Å². The van der Waals surface area contributed by atoms with Gasteiger partial charge in [-0.2, -0.15) is 4.98 Å². The van der Waals surface area contributed by atoms with Crippen molar-refractivity contribution in [1.29, 1.82) is 0 Å². The van der Waals surface area contributed by atoms with Gasteiger partial charge in [0.15, 0.2) is 11.0 Å². The van der Waals surface area contributed by atoms with Crippen LogP contribution in [0.5, 0.6) is 0 Å². The van der Waals surface area contributed by atoms with Gasteiger partial charge in [0.1, 0.15) is 5.76 Å². The Labute approximate surface area is 164 Å². The van der Waals surface area contributed by atoms with E-state index in [1.165, 1.54) is 11.8 Å². The first kappa shape index (κ1) is 17.8. The first-order chi connectivity index (χ1) is 13.2. The van der Waals surface area contributed by atoms with E-state index in [1.807, 2.05) is 29.7 Å². The minimum absolute atomic E-state index is 0.503. The second-order valence-electron chi connectivity index (χ2n) is 5.75. The molecular formula is C18H16ClN5O2S. The number of hydrogen-bond donors (Lipinski definition) is 0. The highest BCUT2D eigenvalue weighted by Crippen LogP contribution is 2.28. The summed E-state index contributed by atoms with van der Waals surface area (Å²) in [4.78, 5) is 4.44. The maximum atomic E-state index is 5.91. The molecule has 0 amide bonds. The van der Waals surface area contributed by atoms with E-state index in [0.717, 1.165) is 34.4 Å². The van der Waals surface area contributed by atoms with Gasteiger partial charge in [0.2, 0.25) is 11.7 Å². The number of aromatic nitrogens is 5. The average Bonchev–Trinajstić information content (AvgIpc) is 3.39. The Balaban J connectivity index is 1.50. The van der Waals surface area contributed by atoms with E-state index in [-0.39, 0.29) is 0 Å². The Kier molecular flexibility index (Phi) is 5.00. The summed E-state index contributed by atoms with van der Waals surface area (Å²) in [5, 5.41) is 14.1. The monoisotopic (exact) mass is 401 g/mol. The topological polar surface area (TPSA) is 82.8 Å². The molecule has 0 aliphatic rings. The largest absolute Gasteiger partial charge is 0.469 e. The van der Waals surface area contributed by atoms with Crippen LogP contribution in [0.15, 0.2) is 50.7 Å². The predicted octanol–water partition coefficient (Wildman–Crippen LogP) is 4.86. The van der Waals surface area contributed by atoms with Crippen LogP contribution in [0.25, 0.3) is 22.8 Å². The summed E-state index contributed by atoms with van der Waals surface area (Å²) < 4.78 is 12.8. The summed E-state index contributed by atoms with van der Waals surface area (Å²) in [5.41, 5.74) is 1.80. The molecule has 0 atom stereocenters. The number of halogens is 1. The van der Waals surface area contributed by atoms with Crippen LogP contribution in [0, 0.1) is 6.92 Å². The molecule has 1 aromatic carbocycles. The first-order valence-corrected chi connectivity index (χ1v) is 9.71. The van der Waals surface area contributed by atoms with Crippen molar-refractivity contribution in [3.05, 3.63) is 53.3 Å². The molecule has 0 saturated carbocycles. The molecule has 0 aliphatic carbocycles. The molecule has 7 nitrogen and oxygen atoms in total. The smallest absolute Gasteiger partial charge is 0.237 e. The van der Waals surface area contributed by atoms with E-state index < -0.39 is 0 Å². The van der Waals surface area contributed by atoms with Gasteiger partial charge in [-0.05, 0) is 44.2 Å². The molecule has 0 radical (unpaired) electrons. The summed E-state index contributed by atoms with van der Waals surface area (Å²) in [7, 11) is 0. The van der Waals surface area contributed by atoms with Crippen LogP contribution in [-0.4, -0.2) is 24.9 Å². The molecule has 27 heavy (non-hydrogen) atoms. The van der Waals surface area contributed by atoms with Gasteiger partial charge >= 0.3 is 0 Å². The van der Waals surface area contributed by atoms with Crippen molar-refractivity contribution >= 4 is 23.4 Å². The highest BCUT2D eigenvalue weighted by molar-refractivity contribution is 7.98. The highest BCUT2D eigenvalue weighted by atomic mass is 35.5. The SMILES string of the molecule is CCn1c(SCc2nc(-c3ccc(Cl)cc3)no2)nnc1-c1ccoc1C. The van der Waals surface area contributed by atoms with Gasteiger partial charge in [-0.1, -0.05) is 28.5 Å². The van der Waals surface area contributed by atoms with Gasteiger partial charge in [0, 0.05) is 17.1 Å². The Morgan fingerprint density at radius 3 is 2.67 bits per heavy atom. The second-order valence-corrected chi connectivity index (χ2v) is 7.13. The summed E-state index contributed by atoms with van der Waals surface area (Å²) in [6, 6.07) is 9.21. The van der Waals surface area contributed by atoms with Crippen molar-refractivity contribution in [3.8, 4) is 22.8 Å². The lowest BCUT2D eigenvalue weighted by atomic mass is 10.2. The van der Waals surface area contributed by atoms with E-state index in [2.05, 4.69) is 27.3 Å². The van der Waals surface area contributed by atoms with Crippen molar-refractivity contribution in [3.63, 3.8) is 0 Å². The molecule has 3 heterocycles. The Bertz CT molecular complexity index is 1050. The standard InChI is InChI=1S/C18H16ClN5O2S/c1-3-24-17(14-8-9-25-11(14)2)21-22-18(24)27-10-15-20-16(23-26-15)12-4-6-13(19)7-5-12/h4-9H,3,10H2,1-2H3. The number of furan rings is 1. The van der Waals surface area contributed by atoms with Crippen LogP contribution in [-0.2, 0) is 12.3 Å². The van der Waals surface area contributed by atoms with Crippen LogP contribution >= 0.6 is 23.4 Å². The van der Waals surface area contributed by atoms with Crippen molar-refractivity contribution in [2.75, 3.05) is 0 Å². The Morgan fingerprint density at radius 1 is 1.15 bits per heavy atom. The summed E-state index contributed by atoms with van der Waals surface area (Å²) in [6.45, 7) is 4.71. The van der Waals surface area contributed by atoms with Gasteiger partial charge in [-0.25, -0.2) is 0 Å². The van der Waals surface area contributed by atoms with E-state index in [4.69, 9.17) is 20.5 Å².